The lowest BCUT2D eigenvalue weighted by molar-refractivity contribution is -0.116. The van der Waals surface area contributed by atoms with Crippen LogP contribution in [-0.2, 0) is 4.79 Å². The molecular weight excluding hydrogens is 336 g/mol. The minimum Gasteiger partial charge on any atom is -0.495 e. The molecule has 2 rings (SSSR count). The number of rotatable bonds is 6. The number of nitrogens with zero attached hydrogens (tertiary/aromatic N) is 1. The van der Waals surface area contributed by atoms with Crippen molar-refractivity contribution in [1.29, 1.82) is 0 Å². The monoisotopic (exact) mass is 352 g/mol. The predicted octanol–water partition coefficient (Wildman–Crippen LogP) is 3.51. The number of anilines is 1. The van der Waals surface area contributed by atoms with Crippen molar-refractivity contribution in [2.45, 2.75) is 6.92 Å². The lowest BCUT2D eigenvalue weighted by atomic mass is 10.3. The first kappa shape index (κ1) is 17.3. The molecule has 0 spiro atoms. The van der Waals surface area contributed by atoms with Gasteiger partial charge < -0.3 is 15.0 Å². The SMILES string of the molecule is CCN(CC(=O)Nc1ccccc1OC)C(=O)c1ccc(Cl)s1. The normalized spacial score (nSPS) is 10.2. The number of hydrogen-bond acceptors (Lipinski definition) is 4. The Labute approximate surface area is 143 Å². The molecule has 0 bridgehead atoms. The Balaban J connectivity index is 2.03. The van der Waals surface area contributed by atoms with E-state index in [1.165, 1.54) is 23.3 Å². The zero-order chi connectivity index (χ0) is 16.8. The molecule has 0 saturated carbocycles. The number of hydrogen-bond donors (Lipinski definition) is 1. The third-order valence-electron chi connectivity index (χ3n) is 3.17. The number of carbonyl (C=O) groups excluding carboxylic acids is 2. The molecule has 0 saturated heterocycles. The van der Waals surface area contributed by atoms with Crippen molar-refractivity contribution in [3.8, 4) is 5.75 Å². The Morgan fingerprint density at radius 2 is 2.00 bits per heavy atom. The second kappa shape index (κ2) is 7.99. The van der Waals surface area contributed by atoms with Crippen molar-refractivity contribution >= 4 is 40.4 Å². The molecule has 2 aromatic rings. The molecule has 0 aliphatic heterocycles. The van der Waals surface area contributed by atoms with Gasteiger partial charge in [-0.3, -0.25) is 9.59 Å². The third-order valence-corrected chi connectivity index (χ3v) is 4.39. The fraction of sp³-hybridized carbons (Fsp3) is 0.250. The summed E-state index contributed by atoms with van der Waals surface area (Å²) in [6.45, 7) is 2.21. The molecule has 0 fully saturated rings. The van der Waals surface area contributed by atoms with Gasteiger partial charge >= 0.3 is 0 Å². The summed E-state index contributed by atoms with van der Waals surface area (Å²) in [5, 5.41) is 2.76. The number of thiophene rings is 1. The molecule has 2 amide bonds. The van der Waals surface area contributed by atoms with Crippen molar-refractivity contribution in [2.24, 2.45) is 0 Å². The average molecular weight is 353 g/mol. The summed E-state index contributed by atoms with van der Waals surface area (Å²) in [4.78, 5) is 26.6. The third kappa shape index (κ3) is 4.46. The van der Waals surface area contributed by atoms with Gasteiger partial charge in [-0.25, -0.2) is 0 Å². The number of ether oxygens (including phenoxy) is 1. The van der Waals surface area contributed by atoms with E-state index in [0.717, 1.165) is 0 Å². The van der Waals surface area contributed by atoms with E-state index in [0.29, 0.717) is 27.2 Å². The number of nitrogens with one attached hydrogen (secondary N) is 1. The molecule has 0 aliphatic carbocycles. The first-order valence-electron chi connectivity index (χ1n) is 7.02. The Bertz CT molecular complexity index is 702. The van der Waals surface area contributed by atoms with Gasteiger partial charge in [0.25, 0.3) is 5.91 Å². The van der Waals surface area contributed by atoms with Crippen molar-refractivity contribution in [2.75, 3.05) is 25.5 Å². The van der Waals surface area contributed by atoms with E-state index in [1.54, 1.807) is 30.3 Å². The summed E-state index contributed by atoms with van der Waals surface area (Å²) >= 11 is 7.05. The van der Waals surface area contributed by atoms with Gasteiger partial charge in [0.15, 0.2) is 0 Å². The van der Waals surface area contributed by atoms with E-state index in [1.807, 2.05) is 13.0 Å². The second-order valence-corrected chi connectivity index (χ2v) is 6.39. The van der Waals surface area contributed by atoms with Crippen LogP contribution in [0.15, 0.2) is 36.4 Å². The van der Waals surface area contributed by atoms with Gasteiger partial charge in [-0.05, 0) is 31.2 Å². The number of amides is 2. The first-order valence-corrected chi connectivity index (χ1v) is 8.22. The second-order valence-electron chi connectivity index (χ2n) is 4.67. The van der Waals surface area contributed by atoms with E-state index < -0.39 is 0 Å². The fourth-order valence-corrected chi connectivity index (χ4v) is 3.03. The molecule has 1 heterocycles. The van der Waals surface area contributed by atoms with Gasteiger partial charge in [-0.1, -0.05) is 23.7 Å². The highest BCUT2D eigenvalue weighted by atomic mass is 35.5. The maximum Gasteiger partial charge on any atom is 0.264 e. The maximum atomic E-state index is 12.4. The van der Waals surface area contributed by atoms with E-state index >= 15 is 0 Å². The number of likely N-dealkylation sites (N-methyl/N-ethyl adjacent to an activating group) is 1. The summed E-state index contributed by atoms with van der Waals surface area (Å²) in [6, 6.07) is 10.4. The molecule has 1 aromatic carbocycles. The first-order chi connectivity index (χ1) is 11.0. The number of carbonyl (C=O) groups is 2. The van der Waals surface area contributed by atoms with Crippen LogP contribution in [0.3, 0.4) is 0 Å². The molecule has 5 nitrogen and oxygen atoms in total. The van der Waals surface area contributed by atoms with Crippen LogP contribution in [0.4, 0.5) is 5.69 Å². The summed E-state index contributed by atoms with van der Waals surface area (Å²) in [5.74, 6) is 0.0761. The van der Waals surface area contributed by atoms with E-state index in [-0.39, 0.29) is 18.4 Å². The van der Waals surface area contributed by atoms with Crippen LogP contribution in [-0.4, -0.2) is 36.9 Å². The lowest BCUT2D eigenvalue weighted by Gasteiger charge is -2.20. The molecule has 122 valence electrons. The van der Waals surface area contributed by atoms with Crippen molar-refractivity contribution < 1.29 is 14.3 Å². The van der Waals surface area contributed by atoms with E-state index in [4.69, 9.17) is 16.3 Å². The summed E-state index contributed by atoms with van der Waals surface area (Å²) < 4.78 is 5.73. The summed E-state index contributed by atoms with van der Waals surface area (Å²) in [6.07, 6.45) is 0. The number of methoxy groups -OCH3 is 1. The zero-order valence-corrected chi connectivity index (χ0v) is 14.4. The Morgan fingerprint density at radius 1 is 1.26 bits per heavy atom. The Kier molecular flexibility index (Phi) is 6.01. The Hall–Kier alpha value is -2.05. The van der Waals surface area contributed by atoms with E-state index in [9.17, 15) is 9.59 Å². The van der Waals surface area contributed by atoms with Gasteiger partial charge in [0.05, 0.1) is 22.0 Å². The molecule has 0 atom stereocenters. The smallest absolute Gasteiger partial charge is 0.264 e. The molecular formula is C16H17ClN2O3S. The minimum absolute atomic E-state index is 0.0388. The van der Waals surface area contributed by atoms with Crippen LogP contribution in [0, 0.1) is 0 Å². The topological polar surface area (TPSA) is 58.6 Å². The molecule has 7 heteroatoms. The van der Waals surface area contributed by atoms with Gasteiger partial charge in [0.2, 0.25) is 5.91 Å². The highest BCUT2D eigenvalue weighted by Gasteiger charge is 2.19. The van der Waals surface area contributed by atoms with Crippen LogP contribution in [0.25, 0.3) is 0 Å². The summed E-state index contributed by atoms with van der Waals surface area (Å²) in [5.41, 5.74) is 0.572. The highest BCUT2D eigenvalue weighted by Crippen LogP contribution is 2.24. The largest absolute Gasteiger partial charge is 0.495 e. The van der Waals surface area contributed by atoms with Crippen molar-refractivity contribution in [3.63, 3.8) is 0 Å². The van der Waals surface area contributed by atoms with Crippen LogP contribution >= 0.6 is 22.9 Å². The average Bonchev–Trinajstić information content (AvgIpc) is 2.99. The maximum absolute atomic E-state index is 12.4. The molecule has 1 N–H and O–H groups in total. The fourth-order valence-electron chi connectivity index (χ4n) is 2.02. The number of para-hydroxylation sites is 2. The number of halogens is 1. The highest BCUT2D eigenvalue weighted by molar-refractivity contribution is 7.17. The summed E-state index contributed by atoms with van der Waals surface area (Å²) in [7, 11) is 1.54. The molecule has 1 aromatic heterocycles. The van der Waals surface area contributed by atoms with Gasteiger partial charge in [0.1, 0.15) is 12.3 Å². The van der Waals surface area contributed by atoms with Crippen molar-refractivity contribution in [3.05, 3.63) is 45.6 Å². The standard InChI is InChI=1S/C16H17ClN2O3S/c1-3-19(16(21)13-8-9-14(17)23-13)10-15(20)18-11-6-4-5-7-12(11)22-2/h4-9H,3,10H2,1-2H3,(H,18,20). The van der Waals surface area contributed by atoms with Gasteiger partial charge in [0, 0.05) is 6.54 Å². The van der Waals surface area contributed by atoms with Crippen LogP contribution in [0.2, 0.25) is 4.34 Å². The number of benzene rings is 1. The minimum atomic E-state index is -0.285. The Morgan fingerprint density at radius 3 is 2.61 bits per heavy atom. The van der Waals surface area contributed by atoms with Gasteiger partial charge in [-0.15, -0.1) is 11.3 Å². The lowest BCUT2D eigenvalue weighted by Crippen LogP contribution is -2.37. The van der Waals surface area contributed by atoms with Crippen molar-refractivity contribution in [1.82, 2.24) is 4.90 Å². The molecule has 0 aliphatic rings. The van der Waals surface area contributed by atoms with Crippen LogP contribution in [0.5, 0.6) is 5.75 Å². The zero-order valence-electron chi connectivity index (χ0n) is 12.8. The van der Waals surface area contributed by atoms with Crippen LogP contribution < -0.4 is 10.1 Å². The quantitative estimate of drug-likeness (QED) is 0.865. The predicted molar refractivity (Wildman–Crippen MR) is 92.5 cm³/mol. The molecule has 23 heavy (non-hydrogen) atoms. The van der Waals surface area contributed by atoms with Crippen LogP contribution in [0.1, 0.15) is 16.6 Å². The molecule has 0 radical (unpaired) electrons. The van der Waals surface area contributed by atoms with Gasteiger partial charge in [-0.2, -0.15) is 0 Å². The van der Waals surface area contributed by atoms with E-state index in [2.05, 4.69) is 5.32 Å². The molecule has 0 unspecified atom stereocenters.